The van der Waals surface area contributed by atoms with E-state index >= 15 is 0 Å². The number of nitro groups is 1. The van der Waals surface area contributed by atoms with Gasteiger partial charge in [0.25, 0.3) is 11.6 Å². The maximum atomic E-state index is 13.4. The molecule has 0 bridgehead atoms. The summed E-state index contributed by atoms with van der Waals surface area (Å²) < 4.78 is 26.8. The van der Waals surface area contributed by atoms with Crippen molar-refractivity contribution in [3.05, 3.63) is 40.1 Å². The van der Waals surface area contributed by atoms with Gasteiger partial charge in [0.05, 0.1) is 10.5 Å². The Kier molecular flexibility index (Phi) is 2.93. The molecule has 0 spiro atoms. The summed E-state index contributed by atoms with van der Waals surface area (Å²) in [5.74, 6) is -3.22. The number of anilines is 1. The molecule has 1 heterocycles. The lowest BCUT2D eigenvalue weighted by Gasteiger charge is -2.10. The van der Waals surface area contributed by atoms with Crippen LogP contribution in [0.2, 0.25) is 0 Å². The lowest BCUT2D eigenvalue weighted by Crippen LogP contribution is -2.09. The molecule has 8 heteroatoms. The maximum absolute atomic E-state index is 13.4. The topological polar surface area (TPSA) is 97.8 Å². The van der Waals surface area contributed by atoms with E-state index in [-0.39, 0.29) is 17.1 Å². The minimum atomic E-state index is -3.14. The summed E-state index contributed by atoms with van der Waals surface area (Å²) in [5.41, 5.74) is 5.41. The second-order valence-corrected chi connectivity index (χ2v) is 4.05. The molecule has 0 saturated heterocycles. The molecule has 0 aliphatic rings. The molecule has 100 valence electrons. The normalized spacial score (nSPS) is 11.5. The zero-order valence-corrected chi connectivity index (χ0v) is 9.85. The van der Waals surface area contributed by atoms with Gasteiger partial charge in [0.1, 0.15) is 5.69 Å². The third-order valence-corrected chi connectivity index (χ3v) is 2.60. The third kappa shape index (κ3) is 2.37. The smallest absolute Gasteiger partial charge is 0.287 e. The second kappa shape index (κ2) is 4.30. The number of alkyl halides is 2. The first-order chi connectivity index (χ1) is 8.80. The molecule has 2 rings (SSSR count). The molecule has 0 amide bonds. The summed E-state index contributed by atoms with van der Waals surface area (Å²) in [6.45, 7) is 0.717. The number of halogens is 2. The van der Waals surface area contributed by atoms with Crippen LogP contribution in [0.15, 0.2) is 24.3 Å². The van der Waals surface area contributed by atoms with Gasteiger partial charge in [-0.1, -0.05) is 0 Å². The first-order valence-corrected chi connectivity index (χ1v) is 5.27. The molecule has 0 radical (unpaired) electrons. The number of nitrogens with two attached hydrogens (primary N) is 1. The first-order valence-electron chi connectivity index (χ1n) is 5.27. The highest BCUT2D eigenvalue weighted by molar-refractivity contribution is 5.77. The van der Waals surface area contributed by atoms with Gasteiger partial charge in [-0.2, -0.15) is 13.9 Å². The number of hydrogen-bond acceptors (Lipinski definition) is 4. The van der Waals surface area contributed by atoms with E-state index in [4.69, 9.17) is 5.73 Å². The minimum absolute atomic E-state index is 0.0578. The van der Waals surface area contributed by atoms with E-state index in [2.05, 4.69) is 10.2 Å². The zero-order chi connectivity index (χ0) is 14.2. The van der Waals surface area contributed by atoms with Crippen LogP contribution in [0.25, 0.3) is 11.1 Å². The number of nitro benzene ring substituents is 1. The van der Waals surface area contributed by atoms with Gasteiger partial charge in [-0.3, -0.25) is 15.2 Å². The second-order valence-electron chi connectivity index (χ2n) is 4.05. The van der Waals surface area contributed by atoms with Crippen molar-refractivity contribution < 1.29 is 13.7 Å². The molecule has 19 heavy (non-hydrogen) atoms. The highest BCUT2D eigenvalue weighted by Crippen LogP contribution is 2.37. The predicted molar refractivity (Wildman–Crippen MR) is 64.7 cm³/mol. The van der Waals surface area contributed by atoms with E-state index in [0.717, 1.165) is 6.92 Å². The predicted octanol–water partition coefficient (Wildman–Crippen LogP) is 2.68. The van der Waals surface area contributed by atoms with Gasteiger partial charge in [0, 0.05) is 19.1 Å². The molecule has 1 aromatic carbocycles. The Hall–Kier alpha value is -2.51. The van der Waals surface area contributed by atoms with Crippen molar-refractivity contribution in [3.8, 4) is 11.1 Å². The number of hydrogen-bond donors (Lipinski definition) is 2. The van der Waals surface area contributed by atoms with Gasteiger partial charge >= 0.3 is 0 Å². The van der Waals surface area contributed by atoms with Crippen LogP contribution in [0.5, 0.6) is 0 Å². The van der Waals surface area contributed by atoms with Crippen LogP contribution in [0.4, 0.5) is 20.3 Å². The maximum Gasteiger partial charge on any atom is 0.287 e. The molecule has 3 N–H and O–H groups in total. The van der Waals surface area contributed by atoms with Gasteiger partial charge in [-0.15, -0.1) is 0 Å². The van der Waals surface area contributed by atoms with Crippen LogP contribution in [0, 0.1) is 10.1 Å². The zero-order valence-electron chi connectivity index (χ0n) is 9.85. The molecular weight excluding hydrogens is 258 g/mol. The average molecular weight is 268 g/mol. The molecule has 0 fully saturated rings. The van der Waals surface area contributed by atoms with Crippen LogP contribution in [-0.2, 0) is 5.92 Å². The fourth-order valence-electron chi connectivity index (χ4n) is 1.72. The minimum Gasteiger partial charge on any atom is -0.382 e. The van der Waals surface area contributed by atoms with E-state index in [9.17, 15) is 18.9 Å². The number of H-pyrrole nitrogens is 1. The van der Waals surface area contributed by atoms with Crippen molar-refractivity contribution in [2.24, 2.45) is 0 Å². The summed E-state index contributed by atoms with van der Waals surface area (Å²) in [5, 5.41) is 16.3. The van der Waals surface area contributed by atoms with Crippen molar-refractivity contribution in [2.45, 2.75) is 12.8 Å². The van der Waals surface area contributed by atoms with E-state index in [1.54, 1.807) is 0 Å². The van der Waals surface area contributed by atoms with Gasteiger partial charge in [0.2, 0.25) is 0 Å². The fourth-order valence-corrected chi connectivity index (χ4v) is 1.72. The van der Waals surface area contributed by atoms with Gasteiger partial charge in [-0.05, 0) is 17.7 Å². The number of nitrogen functional groups attached to an aromatic ring is 1. The SMILES string of the molecule is CC(F)(F)c1[nH]nc(N)c1-c1ccc([N+](=O)[O-])cc1. The Bertz CT molecular complexity index is 617. The highest BCUT2D eigenvalue weighted by atomic mass is 19.3. The molecule has 0 atom stereocenters. The fraction of sp³-hybridized carbons (Fsp3) is 0.182. The van der Waals surface area contributed by atoms with Gasteiger partial charge < -0.3 is 5.73 Å². The third-order valence-electron chi connectivity index (χ3n) is 2.60. The molecule has 0 aliphatic carbocycles. The van der Waals surface area contributed by atoms with E-state index in [1.165, 1.54) is 24.3 Å². The largest absolute Gasteiger partial charge is 0.382 e. The number of nitrogens with one attached hydrogen (secondary N) is 1. The van der Waals surface area contributed by atoms with E-state index in [1.807, 2.05) is 0 Å². The number of non-ortho nitro benzene ring substituents is 1. The van der Waals surface area contributed by atoms with Crippen molar-refractivity contribution in [3.63, 3.8) is 0 Å². The highest BCUT2D eigenvalue weighted by Gasteiger charge is 2.32. The van der Waals surface area contributed by atoms with E-state index < -0.39 is 16.5 Å². The molecule has 2 aromatic rings. The number of aromatic nitrogens is 2. The molecule has 0 saturated carbocycles. The van der Waals surface area contributed by atoms with Crippen molar-refractivity contribution in [2.75, 3.05) is 5.73 Å². The number of benzene rings is 1. The monoisotopic (exact) mass is 268 g/mol. The molecule has 6 nitrogen and oxygen atoms in total. The molecular formula is C11H10F2N4O2. The molecule has 1 aromatic heterocycles. The van der Waals surface area contributed by atoms with Crippen molar-refractivity contribution >= 4 is 11.5 Å². The summed E-state index contributed by atoms with van der Waals surface area (Å²) in [7, 11) is 0. The van der Waals surface area contributed by atoms with Crippen LogP contribution in [0.1, 0.15) is 12.6 Å². The number of nitrogens with zero attached hydrogens (tertiary/aromatic N) is 2. The Morgan fingerprint density at radius 3 is 2.42 bits per heavy atom. The van der Waals surface area contributed by atoms with Gasteiger partial charge in [0.15, 0.2) is 5.82 Å². The van der Waals surface area contributed by atoms with Crippen molar-refractivity contribution in [1.82, 2.24) is 10.2 Å². The standard InChI is InChI=1S/C11H10F2N4O2/c1-11(12,13)9-8(10(14)16-15-9)6-2-4-7(5-3-6)17(18)19/h2-5H,1H3,(H3,14,15,16). The number of aromatic amines is 1. The van der Waals surface area contributed by atoms with Gasteiger partial charge in [-0.25, -0.2) is 0 Å². The molecule has 0 aliphatic heterocycles. The van der Waals surface area contributed by atoms with Crippen LogP contribution < -0.4 is 5.73 Å². The Morgan fingerprint density at radius 1 is 1.37 bits per heavy atom. The van der Waals surface area contributed by atoms with Crippen LogP contribution >= 0.6 is 0 Å². The number of rotatable bonds is 3. The Morgan fingerprint density at radius 2 is 1.95 bits per heavy atom. The summed E-state index contributed by atoms with van der Waals surface area (Å²) in [6, 6.07) is 5.15. The lowest BCUT2D eigenvalue weighted by atomic mass is 10.0. The van der Waals surface area contributed by atoms with Crippen LogP contribution in [-0.4, -0.2) is 15.1 Å². The lowest BCUT2D eigenvalue weighted by molar-refractivity contribution is -0.384. The average Bonchev–Trinajstić information content (AvgIpc) is 2.71. The first kappa shape index (κ1) is 12.9. The van der Waals surface area contributed by atoms with Crippen LogP contribution in [0.3, 0.4) is 0 Å². The summed E-state index contributed by atoms with van der Waals surface area (Å²) in [6.07, 6.45) is 0. The summed E-state index contributed by atoms with van der Waals surface area (Å²) >= 11 is 0. The quantitative estimate of drug-likeness (QED) is 0.660. The Balaban J connectivity index is 2.53. The Labute approximate surface area is 106 Å². The van der Waals surface area contributed by atoms with E-state index in [0.29, 0.717) is 5.56 Å². The molecule has 0 unspecified atom stereocenters. The van der Waals surface area contributed by atoms with Crippen molar-refractivity contribution in [1.29, 1.82) is 0 Å². The summed E-state index contributed by atoms with van der Waals surface area (Å²) in [4.78, 5) is 9.96.